The van der Waals surface area contributed by atoms with Gasteiger partial charge < -0.3 is 20.6 Å². The second-order valence-corrected chi connectivity index (χ2v) is 4.59. The minimum Gasteiger partial charge on any atom is -0.437 e. The molecule has 0 unspecified atom stereocenters. The van der Waals surface area contributed by atoms with Crippen LogP contribution in [0.5, 0.6) is 0 Å². The second kappa shape index (κ2) is 9.47. The van der Waals surface area contributed by atoms with Crippen LogP contribution in [0.3, 0.4) is 0 Å². The summed E-state index contributed by atoms with van der Waals surface area (Å²) in [6, 6.07) is 7.79. The predicted octanol–water partition coefficient (Wildman–Crippen LogP) is 0.721. The Balaban J connectivity index is 2.73. The molecule has 0 aliphatic heterocycles. The Bertz CT molecular complexity index is 595. The van der Waals surface area contributed by atoms with Gasteiger partial charge in [-0.1, -0.05) is 30.3 Å². The average molecular weight is 363 g/mol. The van der Waals surface area contributed by atoms with Crippen molar-refractivity contribution in [3.63, 3.8) is 0 Å². The molecule has 0 aliphatic carbocycles. The van der Waals surface area contributed by atoms with E-state index < -0.39 is 37.3 Å². The molecule has 0 radical (unpaired) electrons. The van der Waals surface area contributed by atoms with Gasteiger partial charge in [0.25, 0.3) is 5.91 Å². The Kier molecular flexibility index (Phi) is 7.66. The summed E-state index contributed by atoms with van der Waals surface area (Å²) in [5.74, 6) is -3.30. The van der Waals surface area contributed by atoms with Crippen LogP contribution in [0.1, 0.15) is 5.56 Å². The van der Waals surface area contributed by atoms with Crippen molar-refractivity contribution in [2.45, 2.75) is 12.7 Å². The third-order valence-corrected chi connectivity index (χ3v) is 2.59. The van der Waals surface area contributed by atoms with Gasteiger partial charge in [-0.2, -0.15) is 13.2 Å². The molecule has 11 heteroatoms. The molecule has 1 rings (SSSR count). The lowest BCUT2D eigenvalue weighted by Crippen LogP contribution is -2.40. The molecule has 8 nitrogen and oxygen atoms in total. The van der Waals surface area contributed by atoms with Crippen LogP contribution >= 0.6 is 0 Å². The summed E-state index contributed by atoms with van der Waals surface area (Å²) in [7, 11) is 0. The van der Waals surface area contributed by atoms with Crippen molar-refractivity contribution in [1.82, 2.24) is 10.4 Å². The number of hydroxylamine groups is 2. The van der Waals surface area contributed by atoms with Crippen molar-refractivity contribution in [1.29, 1.82) is 0 Å². The average Bonchev–Trinajstić information content (AvgIpc) is 2.57. The van der Waals surface area contributed by atoms with Gasteiger partial charge in [0, 0.05) is 13.1 Å². The Morgan fingerprint density at radius 2 is 1.80 bits per heavy atom. The zero-order valence-corrected chi connectivity index (χ0v) is 12.9. The van der Waals surface area contributed by atoms with Crippen molar-refractivity contribution >= 4 is 18.0 Å². The SMILES string of the molecule is NCCNC(=O)COC(=O)N(Cc1ccccc1)OC(=O)C(F)(F)F. The number of carbonyl (C=O) groups excluding carboxylic acids is 3. The summed E-state index contributed by atoms with van der Waals surface area (Å²) in [6.07, 6.45) is -6.72. The maximum Gasteiger partial charge on any atom is 0.493 e. The Morgan fingerprint density at radius 1 is 1.16 bits per heavy atom. The monoisotopic (exact) mass is 363 g/mol. The number of nitrogens with zero attached hydrogens (tertiary/aromatic N) is 1. The third-order valence-electron chi connectivity index (χ3n) is 2.59. The Labute approximate surface area is 140 Å². The summed E-state index contributed by atoms with van der Waals surface area (Å²) in [4.78, 5) is 38.2. The fraction of sp³-hybridized carbons (Fsp3) is 0.357. The molecule has 0 heterocycles. The van der Waals surface area contributed by atoms with Gasteiger partial charge >= 0.3 is 18.2 Å². The van der Waals surface area contributed by atoms with E-state index in [-0.39, 0.29) is 18.2 Å². The number of hydrogen-bond donors (Lipinski definition) is 2. The standard InChI is InChI=1S/C14H16F3N3O5/c15-14(16,17)12(22)25-20(8-10-4-2-1-3-5-10)13(23)24-9-11(21)19-7-6-18/h1-5H,6-9,18H2,(H,19,21). The van der Waals surface area contributed by atoms with Crippen LogP contribution in [-0.4, -0.2) is 48.9 Å². The number of nitrogens with two attached hydrogens (primary N) is 1. The molecule has 3 N–H and O–H groups in total. The molecular formula is C14H16F3N3O5. The largest absolute Gasteiger partial charge is 0.493 e. The second-order valence-electron chi connectivity index (χ2n) is 4.59. The van der Waals surface area contributed by atoms with E-state index in [0.717, 1.165) is 0 Å². The van der Waals surface area contributed by atoms with Gasteiger partial charge in [-0.3, -0.25) is 4.79 Å². The van der Waals surface area contributed by atoms with Crippen molar-refractivity contribution in [2.75, 3.05) is 19.7 Å². The van der Waals surface area contributed by atoms with Crippen molar-refractivity contribution < 1.29 is 37.1 Å². The summed E-state index contributed by atoms with van der Waals surface area (Å²) < 4.78 is 41.5. The number of halogens is 3. The first kappa shape index (κ1) is 20.2. The predicted molar refractivity (Wildman–Crippen MR) is 77.5 cm³/mol. The molecule has 0 atom stereocenters. The lowest BCUT2D eigenvalue weighted by atomic mass is 10.2. The van der Waals surface area contributed by atoms with Crippen LogP contribution in [-0.2, 0) is 25.7 Å². The number of rotatable bonds is 6. The van der Waals surface area contributed by atoms with Crippen molar-refractivity contribution in [2.24, 2.45) is 5.73 Å². The quantitative estimate of drug-likeness (QED) is 0.721. The molecule has 1 aromatic rings. The molecule has 0 saturated heterocycles. The molecule has 0 fully saturated rings. The Hall–Kier alpha value is -2.82. The summed E-state index contributed by atoms with van der Waals surface area (Å²) >= 11 is 0. The third kappa shape index (κ3) is 7.52. The molecule has 25 heavy (non-hydrogen) atoms. The van der Waals surface area contributed by atoms with Gasteiger partial charge in [0.1, 0.15) is 0 Å². The van der Waals surface area contributed by atoms with E-state index in [2.05, 4.69) is 14.9 Å². The van der Waals surface area contributed by atoms with E-state index in [0.29, 0.717) is 5.56 Å². The first-order valence-electron chi connectivity index (χ1n) is 6.98. The number of ether oxygens (including phenoxy) is 1. The van der Waals surface area contributed by atoms with E-state index in [1.807, 2.05) is 0 Å². The Morgan fingerprint density at radius 3 is 2.36 bits per heavy atom. The molecule has 0 aromatic heterocycles. The number of amides is 2. The molecule has 0 aliphatic rings. The lowest BCUT2D eigenvalue weighted by Gasteiger charge is -2.21. The molecule has 0 spiro atoms. The first-order valence-corrected chi connectivity index (χ1v) is 6.98. The minimum absolute atomic E-state index is 0.0847. The van der Waals surface area contributed by atoms with E-state index in [1.165, 1.54) is 12.1 Å². The lowest BCUT2D eigenvalue weighted by molar-refractivity contribution is -0.232. The zero-order chi connectivity index (χ0) is 18.9. The van der Waals surface area contributed by atoms with E-state index in [9.17, 15) is 27.6 Å². The molecule has 1 aromatic carbocycles. The zero-order valence-electron chi connectivity index (χ0n) is 12.9. The molecule has 0 saturated carbocycles. The minimum atomic E-state index is -5.30. The molecule has 2 amide bonds. The van der Waals surface area contributed by atoms with Crippen LogP contribution in [0.4, 0.5) is 18.0 Å². The molecule has 138 valence electrons. The molecule has 0 bridgehead atoms. The number of alkyl halides is 3. The van der Waals surface area contributed by atoms with Crippen LogP contribution in [0.15, 0.2) is 30.3 Å². The van der Waals surface area contributed by atoms with Gasteiger partial charge in [-0.25, -0.2) is 9.59 Å². The van der Waals surface area contributed by atoms with Gasteiger partial charge in [-0.05, 0) is 5.56 Å². The topological polar surface area (TPSA) is 111 Å². The number of nitrogens with one attached hydrogen (secondary N) is 1. The van der Waals surface area contributed by atoms with Crippen LogP contribution in [0.25, 0.3) is 0 Å². The highest BCUT2D eigenvalue weighted by Crippen LogP contribution is 2.18. The summed E-state index contributed by atoms with van der Waals surface area (Å²) in [6.45, 7) is -0.976. The smallest absolute Gasteiger partial charge is 0.437 e. The van der Waals surface area contributed by atoms with Gasteiger partial charge in [0.05, 0.1) is 6.54 Å². The highest BCUT2D eigenvalue weighted by Gasteiger charge is 2.43. The fourth-order valence-corrected chi connectivity index (χ4v) is 1.50. The van der Waals surface area contributed by atoms with Crippen LogP contribution in [0.2, 0.25) is 0 Å². The number of benzene rings is 1. The summed E-state index contributed by atoms with van der Waals surface area (Å²) in [5, 5.41) is 2.38. The normalized spacial score (nSPS) is 10.7. The van der Waals surface area contributed by atoms with Gasteiger partial charge in [0.2, 0.25) is 0 Å². The number of hydrogen-bond acceptors (Lipinski definition) is 6. The van der Waals surface area contributed by atoms with E-state index in [4.69, 9.17) is 5.73 Å². The van der Waals surface area contributed by atoms with Gasteiger partial charge in [0.15, 0.2) is 6.61 Å². The van der Waals surface area contributed by atoms with E-state index >= 15 is 0 Å². The van der Waals surface area contributed by atoms with Crippen molar-refractivity contribution in [3.05, 3.63) is 35.9 Å². The highest BCUT2D eigenvalue weighted by atomic mass is 19.4. The fourth-order valence-electron chi connectivity index (χ4n) is 1.50. The van der Waals surface area contributed by atoms with Crippen molar-refractivity contribution in [3.8, 4) is 0 Å². The van der Waals surface area contributed by atoms with Gasteiger partial charge in [-0.15, -0.1) is 5.06 Å². The maximum absolute atomic E-state index is 12.3. The first-order chi connectivity index (χ1) is 11.7. The maximum atomic E-state index is 12.3. The summed E-state index contributed by atoms with van der Waals surface area (Å²) in [5.41, 5.74) is 5.54. The van der Waals surface area contributed by atoms with Crippen LogP contribution in [0, 0.1) is 0 Å². The number of carbonyl (C=O) groups is 3. The van der Waals surface area contributed by atoms with Crippen LogP contribution < -0.4 is 11.1 Å². The molecular weight excluding hydrogens is 347 g/mol. The highest BCUT2D eigenvalue weighted by molar-refractivity contribution is 5.81. The van der Waals surface area contributed by atoms with E-state index in [1.54, 1.807) is 18.2 Å².